The third-order valence-corrected chi connectivity index (χ3v) is 9.94. The molecule has 280 valence electrons. The van der Waals surface area contributed by atoms with Crippen LogP contribution in [0.5, 0.6) is 0 Å². The minimum absolute atomic E-state index is 0. The number of rotatable bonds is 31. The molecule has 2 aromatic rings. The molecule has 2 aromatic carbocycles. The molecule has 0 bridgehead atoms. The molecule has 0 unspecified atom stereocenters. The van der Waals surface area contributed by atoms with Crippen molar-refractivity contribution in [3.05, 3.63) is 59.2 Å². The zero-order valence-electron chi connectivity index (χ0n) is 32.6. The fourth-order valence-corrected chi connectivity index (χ4v) is 6.80. The summed E-state index contributed by atoms with van der Waals surface area (Å²) in [7, 11) is 0. The van der Waals surface area contributed by atoms with Crippen molar-refractivity contribution in [1.29, 1.82) is 0 Å². The van der Waals surface area contributed by atoms with Crippen LogP contribution in [0, 0.1) is 0 Å². The van der Waals surface area contributed by atoms with E-state index < -0.39 is 0 Å². The van der Waals surface area contributed by atoms with Gasteiger partial charge in [0.05, 0.1) is 17.1 Å². The van der Waals surface area contributed by atoms with Crippen LogP contribution in [0.3, 0.4) is 0 Å². The second-order valence-electron chi connectivity index (χ2n) is 14.6. The molecule has 3 heteroatoms. The summed E-state index contributed by atoms with van der Waals surface area (Å²) in [5.41, 5.74) is 7.73. The Hall–Kier alpha value is -1.73. The van der Waals surface area contributed by atoms with Crippen molar-refractivity contribution in [3.63, 3.8) is 0 Å². The van der Waals surface area contributed by atoms with Gasteiger partial charge in [0.2, 0.25) is 0 Å². The molecule has 0 atom stereocenters. The van der Waals surface area contributed by atoms with E-state index in [9.17, 15) is 0 Å². The van der Waals surface area contributed by atoms with E-state index in [0.717, 1.165) is 29.9 Å². The number of nitrogens with zero attached hydrogens (tertiary/aromatic N) is 2. The molecule has 0 heterocycles. The van der Waals surface area contributed by atoms with Crippen molar-refractivity contribution >= 4 is 23.3 Å². The third-order valence-electron chi connectivity index (χ3n) is 9.94. The zero-order valence-corrected chi connectivity index (χ0v) is 33.6. The molecule has 0 fully saturated rings. The van der Waals surface area contributed by atoms with Gasteiger partial charge in [0.15, 0.2) is 0 Å². The SMILES string of the molecule is CCCCCCCCCCCCCCCCc1cccc(/N=C(/C=N/c2ccc(CCCCC)c(CCCCC)c2)CCCCCC)c1.[Ni]. The van der Waals surface area contributed by atoms with Gasteiger partial charge in [0.1, 0.15) is 0 Å². The molecule has 0 aliphatic rings. The molecule has 2 rings (SSSR count). The Bertz CT molecular complexity index is 1100. The molecular formula is C46H76N2Ni. The first kappa shape index (κ1) is 45.3. The summed E-state index contributed by atoms with van der Waals surface area (Å²) in [5, 5.41) is 0. The van der Waals surface area contributed by atoms with Crippen molar-refractivity contribution < 1.29 is 16.5 Å². The summed E-state index contributed by atoms with van der Waals surface area (Å²) in [5.74, 6) is 0. The molecule has 0 aliphatic heterocycles. The maximum atomic E-state index is 5.17. The van der Waals surface area contributed by atoms with Gasteiger partial charge < -0.3 is 0 Å². The second-order valence-corrected chi connectivity index (χ2v) is 14.6. The van der Waals surface area contributed by atoms with E-state index in [2.05, 4.69) is 76.4 Å². The number of benzene rings is 2. The van der Waals surface area contributed by atoms with Crippen LogP contribution in [-0.4, -0.2) is 11.9 Å². The quantitative estimate of drug-likeness (QED) is 0.0422. The van der Waals surface area contributed by atoms with Crippen molar-refractivity contribution in [3.8, 4) is 0 Å². The predicted octanol–water partition coefficient (Wildman–Crippen LogP) is 15.6. The second kappa shape index (κ2) is 32.2. The van der Waals surface area contributed by atoms with Crippen molar-refractivity contribution in [2.24, 2.45) is 9.98 Å². The zero-order chi connectivity index (χ0) is 34.3. The fourth-order valence-electron chi connectivity index (χ4n) is 6.80. The molecule has 0 radical (unpaired) electrons. The normalized spacial score (nSPS) is 11.8. The summed E-state index contributed by atoms with van der Waals surface area (Å²) in [6.07, 6.45) is 39.0. The number of aliphatic imine (C=N–C) groups is 2. The van der Waals surface area contributed by atoms with E-state index >= 15 is 0 Å². The van der Waals surface area contributed by atoms with Gasteiger partial charge in [-0.05, 0) is 92.3 Å². The average molecular weight is 716 g/mol. The van der Waals surface area contributed by atoms with Crippen molar-refractivity contribution in [1.82, 2.24) is 0 Å². The topological polar surface area (TPSA) is 24.7 Å². The Kier molecular flexibility index (Phi) is 29.8. The van der Waals surface area contributed by atoms with Gasteiger partial charge >= 0.3 is 0 Å². The Morgan fingerprint density at radius 2 is 0.959 bits per heavy atom. The Balaban J connectivity index is 0.0000120. The number of hydrogen-bond acceptors (Lipinski definition) is 2. The Morgan fingerprint density at radius 1 is 0.469 bits per heavy atom. The smallest absolute Gasteiger partial charge is 0.0636 e. The molecule has 0 aromatic heterocycles. The molecule has 2 nitrogen and oxygen atoms in total. The molecule has 0 spiro atoms. The number of unbranched alkanes of at least 4 members (excludes halogenated alkanes) is 20. The minimum atomic E-state index is 0. The maximum absolute atomic E-state index is 5.17. The van der Waals surface area contributed by atoms with E-state index in [-0.39, 0.29) is 16.5 Å². The summed E-state index contributed by atoms with van der Waals surface area (Å²) in [4.78, 5) is 10.2. The van der Waals surface area contributed by atoms with Crippen LogP contribution < -0.4 is 0 Å². The van der Waals surface area contributed by atoms with Crippen LogP contribution in [-0.2, 0) is 35.8 Å². The number of hydrogen-bond donors (Lipinski definition) is 0. The summed E-state index contributed by atoms with van der Waals surface area (Å²) in [6, 6.07) is 15.9. The van der Waals surface area contributed by atoms with Crippen LogP contribution in [0.4, 0.5) is 11.4 Å². The standard InChI is InChI=1S/C46H76N2.Ni/c1-5-9-13-15-16-17-18-19-20-21-22-23-24-27-30-41-31-29-35-45(38-41)48-46(34-28-14-10-6-2)40-47-44-37-36-42(32-25-11-7-3)43(39-44)33-26-12-8-4;/h29,31,35-40H,5-28,30,32-34H2,1-4H3;/b47-40+,48-46+;. The predicted molar refractivity (Wildman–Crippen MR) is 217 cm³/mol. The van der Waals surface area contributed by atoms with Gasteiger partial charge in [-0.15, -0.1) is 0 Å². The van der Waals surface area contributed by atoms with Crippen LogP contribution in [0.2, 0.25) is 0 Å². The summed E-state index contributed by atoms with van der Waals surface area (Å²) in [6.45, 7) is 9.17. The van der Waals surface area contributed by atoms with Gasteiger partial charge in [-0.1, -0.05) is 174 Å². The van der Waals surface area contributed by atoms with Crippen LogP contribution >= 0.6 is 0 Å². The van der Waals surface area contributed by atoms with E-state index in [4.69, 9.17) is 9.98 Å². The molecule has 0 amide bonds. The van der Waals surface area contributed by atoms with Gasteiger partial charge in [-0.3, -0.25) is 9.98 Å². The monoisotopic (exact) mass is 715 g/mol. The maximum Gasteiger partial charge on any atom is 0.0636 e. The molecule has 0 saturated heterocycles. The first-order valence-electron chi connectivity index (χ1n) is 21.0. The van der Waals surface area contributed by atoms with E-state index in [1.807, 2.05) is 0 Å². The van der Waals surface area contributed by atoms with Crippen LogP contribution in [0.1, 0.15) is 205 Å². The molecular weight excluding hydrogens is 639 g/mol. The van der Waals surface area contributed by atoms with Gasteiger partial charge in [-0.2, -0.15) is 0 Å². The van der Waals surface area contributed by atoms with Gasteiger partial charge in [-0.25, -0.2) is 0 Å². The average Bonchev–Trinajstić information content (AvgIpc) is 3.10. The first-order chi connectivity index (χ1) is 23.7. The minimum Gasteiger partial charge on any atom is -0.255 e. The largest absolute Gasteiger partial charge is 0.255 e. The van der Waals surface area contributed by atoms with E-state index in [0.29, 0.717) is 0 Å². The van der Waals surface area contributed by atoms with Gasteiger partial charge in [0, 0.05) is 22.7 Å². The molecule has 0 saturated carbocycles. The summed E-state index contributed by atoms with van der Waals surface area (Å²) >= 11 is 0. The van der Waals surface area contributed by atoms with Crippen LogP contribution in [0.25, 0.3) is 0 Å². The molecule has 0 aliphatic carbocycles. The van der Waals surface area contributed by atoms with E-state index in [1.165, 1.54) is 184 Å². The molecule has 0 N–H and O–H groups in total. The number of aryl methyl sites for hydroxylation is 3. The first-order valence-corrected chi connectivity index (χ1v) is 21.0. The van der Waals surface area contributed by atoms with Crippen LogP contribution in [0.15, 0.2) is 52.4 Å². The summed E-state index contributed by atoms with van der Waals surface area (Å²) < 4.78 is 0. The van der Waals surface area contributed by atoms with Crippen molar-refractivity contribution in [2.45, 2.75) is 207 Å². The van der Waals surface area contributed by atoms with E-state index in [1.54, 1.807) is 0 Å². The third kappa shape index (κ3) is 23.4. The Morgan fingerprint density at radius 3 is 1.55 bits per heavy atom. The Labute approximate surface area is 315 Å². The van der Waals surface area contributed by atoms with Gasteiger partial charge in [0.25, 0.3) is 0 Å². The fraction of sp³-hybridized carbons (Fsp3) is 0.696. The molecule has 49 heavy (non-hydrogen) atoms. The van der Waals surface area contributed by atoms with Crippen molar-refractivity contribution in [2.75, 3.05) is 0 Å².